The molecule has 1 atom stereocenters. The number of guanidine groups is 1. The number of hydrogen-bond acceptors (Lipinski definition) is 5. The lowest BCUT2D eigenvalue weighted by Crippen LogP contribution is -2.36. The molecule has 2 aromatic rings. The number of carbonyl (C=O) groups is 1. The molecular weight excluding hydrogens is 438 g/mol. The normalized spacial score (nSPS) is 16.4. The summed E-state index contributed by atoms with van der Waals surface area (Å²) in [5, 5.41) is 6.01. The summed E-state index contributed by atoms with van der Waals surface area (Å²) in [5.74, 6) is 1.11. The van der Waals surface area contributed by atoms with Crippen LogP contribution in [0.25, 0.3) is 0 Å². The van der Waals surface area contributed by atoms with Crippen LogP contribution in [0.4, 0.5) is 5.69 Å². The molecule has 0 saturated carbocycles. The van der Waals surface area contributed by atoms with Gasteiger partial charge in [-0.3, -0.25) is 10.1 Å². The van der Waals surface area contributed by atoms with Gasteiger partial charge in [0.05, 0.1) is 26.9 Å². The number of benzene rings is 2. The number of anilines is 1. The molecule has 3 rings (SSSR count). The zero-order valence-corrected chi connectivity index (χ0v) is 18.0. The molecule has 154 valence electrons. The van der Waals surface area contributed by atoms with Gasteiger partial charge in [0.15, 0.2) is 0 Å². The standard InChI is InChI=1S/C21H24BrN3O4/c1-27-18-10-14(11-19(12-18)28-2)20(26)25-21(23-13-17-4-3-9-29-17)24-16-7-5-15(22)6-8-16/h5-8,10-12,17H,3-4,9,13H2,1-2H3,(H2,23,24,25,26)/t17-/m0/s1. The lowest BCUT2D eigenvalue weighted by molar-refractivity contribution is 0.0975. The van der Waals surface area contributed by atoms with Crippen molar-refractivity contribution in [3.05, 3.63) is 52.5 Å². The minimum Gasteiger partial charge on any atom is -0.497 e. The van der Waals surface area contributed by atoms with E-state index in [0.29, 0.717) is 29.6 Å². The third-order valence-corrected chi connectivity index (χ3v) is 4.96. The highest BCUT2D eigenvalue weighted by atomic mass is 79.9. The summed E-state index contributed by atoms with van der Waals surface area (Å²) in [4.78, 5) is 17.4. The van der Waals surface area contributed by atoms with E-state index in [1.165, 1.54) is 0 Å². The van der Waals surface area contributed by atoms with E-state index >= 15 is 0 Å². The Morgan fingerprint density at radius 1 is 1.17 bits per heavy atom. The molecule has 2 N–H and O–H groups in total. The van der Waals surface area contributed by atoms with E-state index in [2.05, 4.69) is 31.6 Å². The van der Waals surface area contributed by atoms with Crippen LogP contribution >= 0.6 is 15.9 Å². The zero-order valence-electron chi connectivity index (χ0n) is 16.4. The van der Waals surface area contributed by atoms with E-state index in [0.717, 1.165) is 29.6 Å². The zero-order chi connectivity index (χ0) is 20.6. The first-order valence-corrected chi connectivity index (χ1v) is 10.1. The first kappa shape index (κ1) is 21.1. The van der Waals surface area contributed by atoms with Crippen LogP contribution in [0.15, 0.2) is 51.9 Å². The van der Waals surface area contributed by atoms with Crippen molar-refractivity contribution < 1.29 is 19.0 Å². The number of halogens is 1. The van der Waals surface area contributed by atoms with Gasteiger partial charge in [-0.2, -0.15) is 0 Å². The lowest BCUT2D eigenvalue weighted by atomic mass is 10.2. The van der Waals surface area contributed by atoms with Crippen molar-refractivity contribution in [2.45, 2.75) is 18.9 Å². The molecule has 7 nitrogen and oxygen atoms in total. The van der Waals surface area contributed by atoms with E-state index in [4.69, 9.17) is 14.2 Å². The number of rotatable bonds is 6. The second-order valence-corrected chi connectivity index (χ2v) is 7.43. The Bertz CT molecular complexity index is 842. The topological polar surface area (TPSA) is 81.2 Å². The summed E-state index contributed by atoms with van der Waals surface area (Å²) in [5.41, 5.74) is 1.21. The van der Waals surface area contributed by atoms with Gasteiger partial charge >= 0.3 is 0 Å². The molecule has 2 aromatic carbocycles. The van der Waals surface area contributed by atoms with Gasteiger partial charge in [0.25, 0.3) is 5.91 Å². The van der Waals surface area contributed by atoms with Crippen LogP contribution in [-0.4, -0.2) is 45.3 Å². The van der Waals surface area contributed by atoms with Crippen molar-refractivity contribution in [3.8, 4) is 11.5 Å². The summed E-state index contributed by atoms with van der Waals surface area (Å²) in [6, 6.07) is 12.6. The monoisotopic (exact) mass is 461 g/mol. The molecule has 29 heavy (non-hydrogen) atoms. The van der Waals surface area contributed by atoms with Crippen molar-refractivity contribution in [2.24, 2.45) is 4.99 Å². The maximum absolute atomic E-state index is 12.9. The van der Waals surface area contributed by atoms with Crippen LogP contribution in [0.5, 0.6) is 11.5 Å². The van der Waals surface area contributed by atoms with Gasteiger partial charge in [0.2, 0.25) is 5.96 Å². The highest BCUT2D eigenvalue weighted by Crippen LogP contribution is 2.22. The second kappa shape index (κ2) is 10.3. The molecule has 1 heterocycles. The molecule has 1 fully saturated rings. The van der Waals surface area contributed by atoms with Crippen LogP contribution < -0.4 is 20.1 Å². The van der Waals surface area contributed by atoms with E-state index in [9.17, 15) is 4.79 Å². The van der Waals surface area contributed by atoms with E-state index in [1.807, 2.05) is 24.3 Å². The smallest absolute Gasteiger partial charge is 0.258 e. The minimum absolute atomic E-state index is 0.0746. The summed E-state index contributed by atoms with van der Waals surface area (Å²) in [6.45, 7) is 1.23. The number of hydrogen-bond donors (Lipinski definition) is 2. The van der Waals surface area contributed by atoms with Gasteiger partial charge in [0, 0.05) is 28.4 Å². The number of carbonyl (C=O) groups excluding carboxylic acids is 1. The van der Waals surface area contributed by atoms with Gasteiger partial charge in [-0.15, -0.1) is 0 Å². The van der Waals surface area contributed by atoms with Gasteiger partial charge in [0.1, 0.15) is 11.5 Å². The average molecular weight is 462 g/mol. The van der Waals surface area contributed by atoms with Gasteiger partial charge in [-0.05, 0) is 49.2 Å². The molecule has 0 spiro atoms. The predicted octanol–water partition coefficient (Wildman–Crippen LogP) is 3.84. The first-order chi connectivity index (χ1) is 14.1. The Hall–Kier alpha value is -2.58. The molecule has 0 bridgehead atoms. The molecule has 8 heteroatoms. The Morgan fingerprint density at radius 2 is 1.86 bits per heavy atom. The number of methoxy groups -OCH3 is 2. The average Bonchev–Trinajstić information content (AvgIpc) is 3.26. The number of ether oxygens (including phenoxy) is 3. The Balaban J connectivity index is 1.78. The van der Waals surface area contributed by atoms with Crippen LogP contribution in [-0.2, 0) is 4.74 Å². The van der Waals surface area contributed by atoms with Gasteiger partial charge in [-0.1, -0.05) is 15.9 Å². The second-order valence-electron chi connectivity index (χ2n) is 6.51. The van der Waals surface area contributed by atoms with Crippen LogP contribution in [0.3, 0.4) is 0 Å². The fraction of sp³-hybridized carbons (Fsp3) is 0.333. The van der Waals surface area contributed by atoms with Gasteiger partial charge < -0.3 is 19.5 Å². The lowest BCUT2D eigenvalue weighted by Gasteiger charge is -2.14. The third-order valence-electron chi connectivity index (χ3n) is 4.43. The molecule has 1 amide bonds. The summed E-state index contributed by atoms with van der Waals surface area (Å²) < 4.78 is 17.1. The minimum atomic E-state index is -0.321. The molecule has 1 saturated heterocycles. The fourth-order valence-corrected chi connectivity index (χ4v) is 3.14. The number of amides is 1. The molecule has 1 aliphatic rings. The Morgan fingerprint density at radius 3 is 2.45 bits per heavy atom. The maximum Gasteiger partial charge on any atom is 0.258 e. The molecule has 1 aliphatic heterocycles. The molecule has 0 aromatic heterocycles. The first-order valence-electron chi connectivity index (χ1n) is 9.30. The molecule has 0 radical (unpaired) electrons. The quantitative estimate of drug-likeness (QED) is 0.504. The van der Waals surface area contributed by atoms with Gasteiger partial charge in [-0.25, -0.2) is 4.99 Å². The van der Waals surface area contributed by atoms with E-state index in [1.54, 1.807) is 32.4 Å². The van der Waals surface area contributed by atoms with Crippen molar-refractivity contribution >= 4 is 33.5 Å². The largest absolute Gasteiger partial charge is 0.497 e. The Labute approximate surface area is 178 Å². The highest BCUT2D eigenvalue weighted by Gasteiger charge is 2.17. The number of nitrogens with one attached hydrogen (secondary N) is 2. The van der Waals surface area contributed by atoms with Crippen molar-refractivity contribution in [1.29, 1.82) is 0 Å². The molecule has 0 unspecified atom stereocenters. The number of nitrogens with zero attached hydrogens (tertiary/aromatic N) is 1. The van der Waals surface area contributed by atoms with Crippen molar-refractivity contribution in [1.82, 2.24) is 5.32 Å². The van der Waals surface area contributed by atoms with E-state index in [-0.39, 0.29) is 12.0 Å². The van der Waals surface area contributed by atoms with Crippen LogP contribution in [0, 0.1) is 0 Å². The number of aliphatic imine (C=N–C) groups is 1. The summed E-state index contributed by atoms with van der Waals surface area (Å²) in [7, 11) is 3.08. The Kier molecular flexibility index (Phi) is 7.48. The van der Waals surface area contributed by atoms with Crippen LogP contribution in [0.1, 0.15) is 23.2 Å². The van der Waals surface area contributed by atoms with E-state index < -0.39 is 0 Å². The SMILES string of the molecule is COc1cc(OC)cc(C(=O)NC(=NC[C@@H]2CCCO2)Nc2ccc(Br)cc2)c1. The fourth-order valence-electron chi connectivity index (χ4n) is 2.88. The predicted molar refractivity (Wildman–Crippen MR) is 116 cm³/mol. The summed E-state index contributed by atoms with van der Waals surface area (Å²) in [6.07, 6.45) is 2.08. The maximum atomic E-state index is 12.9. The third kappa shape index (κ3) is 6.20. The molecular formula is C21H24BrN3O4. The van der Waals surface area contributed by atoms with Crippen molar-refractivity contribution in [2.75, 3.05) is 32.7 Å². The highest BCUT2D eigenvalue weighted by molar-refractivity contribution is 9.10. The summed E-state index contributed by atoms with van der Waals surface area (Å²) >= 11 is 3.42. The van der Waals surface area contributed by atoms with Crippen molar-refractivity contribution in [3.63, 3.8) is 0 Å². The molecule has 0 aliphatic carbocycles. The van der Waals surface area contributed by atoms with Crippen LogP contribution in [0.2, 0.25) is 0 Å².